The van der Waals surface area contributed by atoms with Crippen molar-refractivity contribution in [3.05, 3.63) is 133 Å². The number of fused-ring (bicyclic) bond motifs is 6. The fraction of sp³-hybridized carbons (Fsp3) is 0. The van der Waals surface area contributed by atoms with Crippen molar-refractivity contribution in [2.45, 2.75) is 0 Å². The fourth-order valence-electron chi connectivity index (χ4n) is 5.80. The molecule has 0 radical (unpaired) electrons. The van der Waals surface area contributed by atoms with Crippen molar-refractivity contribution >= 4 is 43.7 Å². The summed E-state index contributed by atoms with van der Waals surface area (Å²) in [6.07, 6.45) is 1.76. The second-order valence-electron chi connectivity index (χ2n) is 9.99. The number of benzene rings is 5. The lowest BCUT2D eigenvalue weighted by atomic mass is 9.99. The third kappa shape index (κ3) is 3.42. The van der Waals surface area contributed by atoms with Crippen LogP contribution in [0.3, 0.4) is 0 Å². The van der Waals surface area contributed by atoms with Crippen LogP contribution in [0.5, 0.6) is 0 Å². The summed E-state index contributed by atoms with van der Waals surface area (Å²) in [5, 5.41) is 13.7. The van der Waals surface area contributed by atoms with Crippen LogP contribution in [0.1, 0.15) is 5.69 Å². The molecule has 3 heterocycles. The fourth-order valence-corrected chi connectivity index (χ4v) is 5.80. The topological polar surface area (TPSA) is 54.8 Å². The number of furan rings is 1. The average Bonchev–Trinajstić information content (AvgIpc) is 3.55. The summed E-state index contributed by atoms with van der Waals surface area (Å²) in [7, 11) is 0. The van der Waals surface area contributed by atoms with Gasteiger partial charge in [0.1, 0.15) is 22.9 Å². The molecule has 0 aliphatic carbocycles. The summed E-state index contributed by atoms with van der Waals surface area (Å²) < 4.78 is 8.58. The molecule has 0 saturated heterocycles. The minimum Gasteiger partial charge on any atom is -0.456 e. The number of aromatic nitrogens is 2. The number of rotatable bonds is 3. The molecule has 4 nitrogen and oxygen atoms in total. The molecule has 0 amide bonds. The van der Waals surface area contributed by atoms with Gasteiger partial charge in [0, 0.05) is 39.0 Å². The molecular weight excluding hydrogens is 490 g/mol. The summed E-state index contributed by atoms with van der Waals surface area (Å²) >= 11 is 0. The summed E-state index contributed by atoms with van der Waals surface area (Å²) in [4.78, 5) is 4.25. The lowest BCUT2D eigenvalue weighted by Gasteiger charge is -2.11. The highest BCUT2D eigenvalue weighted by Crippen LogP contribution is 2.38. The van der Waals surface area contributed by atoms with E-state index in [4.69, 9.17) is 9.68 Å². The van der Waals surface area contributed by atoms with Crippen molar-refractivity contribution in [3.63, 3.8) is 0 Å². The number of hydrogen-bond acceptors (Lipinski definition) is 3. The molecule has 0 saturated carbocycles. The zero-order valence-corrected chi connectivity index (χ0v) is 21.4. The van der Waals surface area contributed by atoms with E-state index in [1.807, 2.05) is 18.2 Å². The third-order valence-corrected chi connectivity index (χ3v) is 7.68. The Hall–Kier alpha value is -5.66. The van der Waals surface area contributed by atoms with Crippen molar-refractivity contribution in [2.24, 2.45) is 0 Å². The van der Waals surface area contributed by atoms with Crippen LogP contribution >= 0.6 is 0 Å². The standard InChI is InChI=1S/C36H21N3O/c37-21-27-16-15-26(22-38-27)24-8-5-7-23(17-24)25-9-6-10-28(18-25)39-33-13-3-1-11-29(33)31-20-36-32(19-34(31)39)30-12-2-4-14-35(30)40-36/h1-20,22H. The lowest BCUT2D eigenvalue weighted by Crippen LogP contribution is -1.94. The second-order valence-corrected chi connectivity index (χ2v) is 9.99. The Kier molecular flexibility index (Phi) is 4.85. The van der Waals surface area contributed by atoms with Crippen LogP contribution in [-0.4, -0.2) is 9.55 Å². The van der Waals surface area contributed by atoms with Gasteiger partial charge in [0.05, 0.1) is 11.0 Å². The van der Waals surface area contributed by atoms with Crippen molar-refractivity contribution in [3.8, 4) is 34.0 Å². The maximum Gasteiger partial charge on any atom is 0.140 e. The molecule has 3 aromatic heterocycles. The molecule has 40 heavy (non-hydrogen) atoms. The molecule has 186 valence electrons. The van der Waals surface area contributed by atoms with Gasteiger partial charge in [0.15, 0.2) is 0 Å². The number of para-hydroxylation sites is 2. The van der Waals surface area contributed by atoms with E-state index in [-0.39, 0.29) is 0 Å². The number of nitrogens with zero attached hydrogens (tertiary/aromatic N) is 3. The van der Waals surface area contributed by atoms with Gasteiger partial charge in [-0.1, -0.05) is 66.7 Å². The van der Waals surface area contributed by atoms with Gasteiger partial charge in [0.25, 0.3) is 0 Å². The molecule has 0 aliphatic heterocycles. The van der Waals surface area contributed by atoms with Crippen LogP contribution in [0.25, 0.3) is 71.7 Å². The Bertz CT molecular complexity index is 2280. The minimum absolute atomic E-state index is 0.416. The van der Waals surface area contributed by atoms with Gasteiger partial charge in [-0.25, -0.2) is 4.98 Å². The quantitative estimate of drug-likeness (QED) is 0.237. The first-order valence-corrected chi connectivity index (χ1v) is 13.2. The van der Waals surface area contributed by atoms with Crippen LogP contribution in [0.15, 0.2) is 132 Å². The molecule has 4 heteroatoms. The van der Waals surface area contributed by atoms with Crippen molar-refractivity contribution < 1.29 is 4.42 Å². The number of pyridine rings is 1. The van der Waals surface area contributed by atoms with Gasteiger partial charge in [-0.2, -0.15) is 5.26 Å². The number of hydrogen-bond donors (Lipinski definition) is 0. The monoisotopic (exact) mass is 511 g/mol. The largest absolute Gasteiger partial charge is 0.456 e. The average molecular weight is 512 g/mol. The van der Waals surface area contributed by atoms with E-state index in [0.717, 1.165) is 60.9 Å². The first-order chi connectivity index (χ1) is 19.8. The Labute approximate surface area is 230 Å². The van der Waals surface area contributed by atoms with E-state index in [0.29, 0.717) is 5.69 Å². The molecule has 0 unspecified atom stereocenters. The van der Waals surface area contributed by atoms with Crippen LogP contribution in [0.4, 0.5) is 0 Å². The highest BCUT2D eigenvalue weighted by Gasteiger charge is 2.16. The minimum atomic E-state index is 0.416. The van der Waals surface area contributed by atoms with Crippen LogP contribution < -0.4 is 0 Å². The van der Waals surface area contributed by atoms with Gasteiger partial charge in [0.2, 0.25) is 0 Å². The van der Waals surface area contributed by atoms with Gasteiger partial charge in [-0.15, -0.1) is 0 Å². The highest BCUT2D eigenvalue weighted by molar-refractivity contribution is 6.17. The summed E-state index contributed by atoms with van der Waals surface area (Å²) in [5.74, 6) is 0. The molecule has 0 atom stereocenters. The highest BCUT2D eigenvalue weighted by atomic mass is 16.3. The zero-order chi connectivity index (χ0) is 26.6. The Morgan fingerprint density at radius 1 is 0.550 bits per heavy atom. The first-order valence-electron chi connectivity index (χ1n) is 13.2. The zero-order valence-electron chi connectivity index (χ0n) is 21.4. The Balaban J connectivity index is 1.32. The van der Waals surface area contributed by atoms with E-state index < -0.39 is 0 Å². The molecule has 8 aromatic rings. The predicted octanol–water partition coefficient (Wildman–Crippen LogP) is 9.28. The second kappa shape index (κ2) is 8.69. The molecule has 0 fully saturated rings. The maximum atomic E-state index is 9.10. The van der Waals surface area contributed by atoms with E-state index in [1.165, 1.54) is 10.8 Å². The smallest absolute Gasteiger partial charge is 0.140 e. The van der Waals surface area contributed by atoms with Gasteiger partial charge >= 0.3 is 0 Å². The van der Waals surface area contributed by atoms with E-state index in [9.17, 15) is 0 Å². The predicted molar refractivity (Wildman–Crippen MR) is 161 cm³/mol. The van der Waals surface area contributed by atoms with Crippen LogP contribution in [0.2, 0.25) is 0 Å². The normalized spacial score (nSPS) is 11.5. The van der Waals surface area contributed by atoms with Gasteiger partial charge in [-0.05, 0) is 71.3 Å². The molecule has 0 aliphatic rings. The first kappa shape index (κ1) is 22.3. The van der Waals surface area contributed by atoms with Gasteiger partial charge < -0.3 is 8.98 Å². The number of nitriles is 1. The van der Waals surface area contributed by atoms with Crippen LogP contribution in [-0.2, 0) is 0 Å². The Morgan fingerprint density at radius 2 is 1.30 bits per heavy atom. The Morgan fingerprint density at radius 3 is 2.12 bits per heavy atom. The van der Waals surface area contributed by atoms with Crippen LogP contribution in [0, 0.1) is 11.3 Å². The van der Waals surface area contributed by atoms with Crippen molar-refractivity contribution in [2.75, 3.05) is 0 Å². The molecular formula is C36H21N3O. The SMILES string of the molecule is N#Cc1ccc(-c2cccc(-c3cccc(-n4c5ccccc5c5cc6oc7ccccc7c6cc54)c3)c2)cn1. The third-order valence-electron chi connectivity index (χ3n) is 7.68. The lowest BCUT2D eigenvalue weighted by molar-refractivity contribution is 0.669. The van der Waals surface area contributed by atoms with E-state index in [1.54, 1.807) is 12.3 Å². The molecule has 0 N–H and O–H groups in total. The molecule has 5 aromatic carbocycles. The van der Waals surface area contributed by atoms with Gasteiger partial charge in [-0.3, -0.25) is 0 Å². The van der Waals surface area contributed by atoms with E-state index >= 15 is 0 Å². The van der Waals surface area contributed by atoms with E-state index in [2.05, 4.69) is 113 Å². The molecule has 0 spiro atoms. The summed E-state index contributed by atoms with van der Waals surface area (Å²) in [6.45, 7) is 0. The summed E-state index contributed by atoms with van der Waals surface area (Å²) in [6, 6.07) is 44.1. The maximum absolute atomic E-state index is 9.10. The molecule has 0 bridgehead atoms. The van der Waals surface area contributed by atoms with Crippen molar-refractivity contribution in [1.29, 1.82) is 5.26 Å². The van der Waals surface area contributed by atoms with Crippen molar-refractivity contribution in [1.82, 2.24) is 9.55 Å². The summed E-state index contributed by atoms with van der Waals surface area (Å²) in [5.41, 5.74) is 9.91. The molecule has 8 rings (SSSR count).